The fraction of sp³-hybridized carbons (Fsp3) is 0.793. The number of cyclic esters (lactones) is 1. The van der Waals surface area contributed by atoms with Crippen molar-refractivity contribution in [3.63, 3.8) is 0 Å². The first-order valence-corrected chi connectivity index (χ1v) is 14.1. The van der Waals surface area contributed by atoms with Gasteiger partial charge in [0.2, 0.25) is 0 Å². The predicted octanol–water partition coefficient (Wildman–Crippen LogP) is 1.56. The molecule has 210 valence electrons. The molecule has 0 spiro atoms. The number of aldehydes is 1. The van der Waals surface area contributed by atoms with Crippen LogP contribution in [0.2, 0.25) is 0 Å². The Balaban J connectivity index is 1.25. The van der Waals surface area contributed by atoms with Crippen molar-refractivity contribution in [2.24, 2.45) is 28.6 Å². The topological polar surface area (TPSA) is 143 Å². The monoisotopic (exact) mass is 532 g/mol. The molecule has 1 saturated heterocycles. The van der Waals surface area contributed by atoms with Crippen LogP contribution in [-0.4, -0.2) is 81.2 Å². The Labute approximate surface area is 222 Å². The number of esters is 1. The Bertz CT molecular complexity index is 1040. The molecule has 9 heteroatoms. The first-order chi connectivity index (χ1) is 18.0. The molecule has 4 fully saturated rings. The van der Waals surface area contributed by atoms with Crippen LogP contribution in [0.3, 0.4) is 0 Å². The second kappa shape index (κ2) is 8.94. The van der Waals surface area contributed by atoms with Crippen LogP contribution in [0.4, 0.5) is 0 Å². The van der Waals surface area contributed by atoms with E-state index in [0.717, 1.165) is 18.3 Å². The molecule has 0 bridgehead atoms. The standard InChI is InChI=1S/C29H40O9/c1-16-25(33)22(31)12-24(37-16)38-18-3-8-27(15-30)20-4-7-26(2)19(17-11-23(32)36-14-17)6-10-29(26,35)21(20)5-9-28(27,34)13-18/h5,9,11,15-16,18-22,24-25,31,33-35H,3-4,6-8,10,12-14H2,1-2H3. The van der Waals surface area contributed by atoms with Gasteiger partial charge in [-0.2, -0.15) is 0 Å². The van der Waals surface area contributed by atoms with Crippen molar-refractivity contribution in [3.8, 4) is 0 Å². The van der Waals surface area contributed by atoms with Crippen LogP contribution in [0.5, 0.6) is 0 Å². The zero-order valence-corrected chi connectivity index (χ0v) is 22.1. The molecule has 0 radical (unpaired) electrons. The van der Waals surface area contributed by atoms with E-state index in [1.165, 1.54) is 0 Å². The minimum absolute atomic E-state index is 0.0391. The van der Waals surface area contributed by atoms with Crippen molar-refractivity contribution >= 4 is 12.3 Å². The summed E-state index contributed by atoms with van der Waals surface area (Å²) in [7, 11) is 0. The summed E-state index contributed by atoms with van der Waals surface area (Å²) >= 11 is 0. The number of ether oxygens (including phenoxy) is 3. The Hall–Kier alpha value is -1.62. The van der Waals surface area contributed by atoms with Gasteiger partial charge in [-0.1, -0.05) is 19.1 Å². The molecule has 4 N–H and O–H groups in total. The van der Waals surface area contributed by atoms with E-state index in [1.807, 2.05) is 6.08 Å². The summed E-state index contributed by atoms with van der Waals surface area (Å²) in [6.07, 6.45) is 6.58. The summed E-state index contributed by atoms with van der Waals surface area (Å²) < 4.78 is 17.1. The number of carbonyl (C=O) groups is 2. The first kappa shape index (κ1) is 26.6. The van der Waals surface area contributed by atoms with Crippen molar-refractivity contribution in [2.45, 2.75) is 107 Å². The quantitative estimate of drug-likeness (QED) is 0.241. The number of rotatable bonds is 4. The lowest BCUT2D eigenvalue weighted by Crippen LogP contribution is -2.67. The molecule has 12 atom stereocenters. The normalized spacial score (nSPS) is 53.9. The maximum absolute atomic E-state index is 12.9. The van der Waals surface area contributed by atoms with Crippen LogP contribution in [0.25, 0.3) is 0 Å². The molecule has 0 aromatic rings. The molecule has 3 saturated carbocycles. The molecule has 6 aliphatic rings. The summed E-state index contributed by atoms with van der Waals surface area (Å²) in [5, 5.41) is 44.4. The van der Waals surface area contributed by atoms with Crippen LogP contribution in [0, 0.1) is 28.6 Å². The van der Waals surface area contributed by atoms with Crippen molar-refractivity contribution in [1.29, 1.82) is 0 Å². The summed E-state index contributed by atoms with van der Waals surface area (Å²) in [5.74, 6) is -0.789. The lowest BCUT2D eigenvalue weighted by molar-refractivity contribution is -0.274. The molecule has 38 heavy (non-hydrogen) atoms. The highest BCUT2D eigenvalue weighted by Crippen LogP contribution is 2.69. The van der Waals surface area contributed by atoms with Crippen molar-refractivity contribution in [3.05, 3.63) is 23.8 Å². The molecule has 0 amide bonds. The van der Waals surface area contributed by atoms with E-state index in [9.17, 15) is 30.0 Å². The van der Waals surface area contributed by atoms with E-state index in [-0.39, 0.29) is 49.3 Å². The highest BCUT2D eigenvalue weighted by atomic mass is 16.7. The second-order valence-corrected chi connectivity index (χ2v) is 12.9. The van der Waals surface area contributed by atoms with Crippen molar-refractivity contribution in [2.75, 3.05) is 6.61 Å². The van der Waals surface area contributed by atoms with E-state index in [4.69, 9.17) is 14.2 Å². The Morgan fingerprint density at radius 3 is 2.61 bits per heavy atom. The lowest BCUT2D eigenvalue weighted by Gasteiger charge is -2.63. The highest BCUT2D eigenvalue weighted by Gasteiger charge is 2.70. The lowest BCUT2D eigenvalue weighted by atomic mass is 9.43. The molecule has 9 nitrogen and oxygen atoms in total. The minimum atomic E-state index is -1.42. The van der Waals surface area contributed by atoms with Gasteiger partial charge in [0.15, 0.2) is 6.29 Å². The molecular weight excluding hydrogens is 492 g/mol. The maximum atomic E-state index is 12.9. The van der Waals surface area contributed by atoms with Gasteiger partial charge >= 0.3 is 5.97 Å². The molecule has 6 rings (SSSR count). The Kier molecular flexibility index (Phi) is 6.26. The van der Waals surface area contributed by atoms with E-state index in [1.54, 1.807) is 19.1 Å². The smallest absolute Gasteiger partial charge is 0.331 e. The van der Waals surface area contributed by atoms with Crippen molar-refractivity contribution < 1.29 is 44.2 Å². The predicted molar refractivity (Wildman–Crippen MR) is 133 cm³/mol. The summed E-state index contributed by atoms with van der Waals surface area (Å²) in [6, 6.07) is 0. The molecule has 2 heterocycles. The van der Waals surface area contributed by atoms with Gasteiger partial charge < -0.3 is 39.4 Å². The van der Waals surface area contributed by atoms with Gasteiger partial charge in [0, 0.05) is 30.3 Å². The third kappa shape index (κ3) is 3.58. The summed E-state index contributed by atoms with van der Waals surface area (Å²) in [6.45, 7) is 4.06. The molecule has 0 aromatic heterocycles. The number of fused-ring (bicyclic) bond motifs is 5. The Morgan fingerprint density at radius 1 is 1.13 bits per heavy atom. The summed E-state index contributed by atoms with van der Waals surface area (Å²) in [4.78, 5) is 24.7. The van der Waals surface area contributed by atoms with Crippen molar-refractivity contribution in [1.82, 2.24) is 0 Å². The van der Waals surface area contributed by atoms with Gasteiger partial charge in [-0.05, 0) is 62.9 Å². The average molecular weight is 533 g/mol. The number of carbonyl (C=O) groups excluding carboxylic acids is 2. The number of hydrogen-bond donors (Lipinski definition) is 4. The molecule has 4 aliphatic carbocycles. The molecule has 2 aliphatic heterocycles. The van der Waals surface area contributed by atoms with Crippen LogP contribution in [0.15, 0.2) is 23.8 Å². The van der Waals surface area contributed by atoms with Crippen LogP contribution in [0.1, 0.15) is 65.2 Å². The van der Waals surface area contributed by atoms with Gasteiger partial charge in [0.25, 0.3) is 0 Å². The van der Waals surface area contributed by atoms with Gasteiger partial charge in [-0.15, -0.1) is 0 Å². The second-order valence-electron chi connectivity index (χ2n) is 12.9. The van der Waals surface area contributed by atoms with Crippen LogP contribution >= 0.6 is 0 Å². The van der Waals surface area contributed by atoms with E-state index in [0.29, 0.717) is 32.1 Å². The van der Waals surface area contributed by atoms with Gasteiger partial charge in [0.05, 0.1) is 34.9 Å². The molecule has 12 unspecified atom stereocenters. The van der Waals surface area contributed by atoms with E-state index in [2.05, 4.69) is 6.92 Å². The minimum Gasteiger partial charge on any atom is -0.458 e. The zero-order valence-electron chi connectivity index (χ0n) is 22.1. The first-order valence-electron chi connectivity index (χ1n) is 14.1. The van der Waals surface area contributed by atoms with E-state index < -0.39 is 46.6 Å². The summed E-state index contributed by atoms with van der Waals surface area (Å²) in [5.41, 5.74) is -3.03. The SMILES string of the molecule is CC1OC(OC2CCC3(C=O)C4CCC5(C)C(C6=CC(=O)OC6)CCC5(O)C4C=CC3(O)C2)CC(O)C1O. The molecule has 0 aromatic carbocycles. The number of aliphatic hydroxyl groups is 4. The van der Waals surface area contributed by atoms with Gasteiger partial charge in [-0.25, -0.2) is 4.79 Å². The average Bonchev–Trinajstić information content (AvgIpc) is 3.41. The van der Waals surface area contributed by atoms with Gasteiger partial charge in [-0.3, -0.25) is 0 Å². The third-order valence-corrected chi connectivity index (χ3v) is 11.4. The fourth-order valence-electron chi connectivity index (χ4n) is 9.17. The number of hydrogen-bond acceptors (Lipinski definition) is 9. The van der Waals surface area contributed by atoms with Crippen LogP contribution in [-0.2, 0) is 23.8 Å². The van der Waals surface area contributed by atoms with E-state index >= 15 is 0 Å². The number of aliphatic hydroxyl groups excluding tert-OH is 2. The third-order valence-electron chi connectivity index (χ3n) is 11.4. The fourth-order valence-corrected chi connectivity index (χ4v) is 9.17. The van der Waals surface area contributed by atoms with Crippen LogP contribution < -0.4 is 0 Å². The zero-order chi connectivity index (χ0) is 27.1. The maximum Gasteiger partial charge on any atom is 0.331 e. The largest absolute Gasteiger partial charge is 0.458 e. The molecular formula is C29H40O9. The Morgan fingerprint density at radius 2 is 1.92 bits per heavy atom. The highest BCUT2D eigenvalue weighted by molar-refractivity contribution is 5.85. The van der Waals surface area contributed by atoms with Gasteiger partial charge in [0.1, 0.15) is 19.0 Å².